The van der Waals surface area contributed by atoms with E-state index in [2.05, 4.69) is 31.4 Å². The van der Waals surface area contributed by atoms with Gasteiger partial charge < -0.3 is 9.80 Å². The van der Waals surface area contributed by atoms with Crippen molar-refractivity contribution in [1.29, 1.82) is 0 Å². The van der Waals surface area contributed by atoms with Crippen molar-refractivity contribution in [3.8, 4) is 5.69 Å². The summed E-state index contributed by atoms with van der Waals surface area (Å²) >= 11 is 6.31. The molecule has 0 N–H and O–H groups in total. The van der Waals surface area contributed by atoms with E-state index in [0.29, 0.717) is 0 Å². The quantitative estimate of drug-likeness (QED) is 0.733. The first kappa shape index (κ1) is 15.0. The van der Waals surface area contributed by atoms with Crippen LogP contribution >= 0.6 is 11.6 Å². The number of aromatic nitrogens is 4. The molecule has 3 aromatic rings. The zero-order valence-electron chi connectivity index (χ0n) is 13.1. The van der Waals surface area contributed by atoms with Gasteiger partial charge in [0.1, 0.15) is 0 Å². The molecule has 0 radical (unpaired) electrons. The van der Waals surface area contributed by atoms with Crippen molar-refractivity contribution < 1.29 is 0 Å². The topological polar surface area (TPSA) is 50.1 Å². The monoisotopic (exact) mass is 340 g/mol. The Balaban J connectivity index is 1.51. The minimum Gasteiger partial charge on any atom is -0.367 e. The summed E-state index contributed by atoms with van der Waals surface area (Å²) in [7, 11) is 0. The third-order valence-electron chi connectivity index (χ3n) is 4.21. The van der Waals surface area contributed by atoms with Gasteiger partial charge in [-0.1, -0.05) is 47.0 Å². The van der Waals surface area contributed by atoms with E-state index in [0.717, 1.165) is 48.5 Å². The summed E-state index contributed by atoms with van der Waals surface area (Å²) in [5.74, 6) is 0.778. The number of para-hydroxylation sites is 2. The molecular weight excluding hydrogens is 324 g/mol. The molecule has 2 heterocycles. The van der Waals surface area contributed by atoms with E-state index in [-0.39, 0.29) is 0 Å². The van der Waals surface area contributed by atoms with Gasteiger partial charge in [0.05, 0.1) is 16.4 Å². The maximum Gasteiger partial charge on any atom is 0.250 e. The Morgan fingerprint density at radius 3 is 2.21 bits per heavy atom. The molecule has 2 aromatic carbocycles. The van der Waals surface area contributed by atoms with E-state index in [1.165, 1.54) is 0 Å². The minimum absolute atomic E-state index is 0.778. The van der Waals surface area contributed by atoms with Crippen LogP contribution in [0.3, 0.4) is 0 Å². The summed E-state index contributed by atoms with van der Waals surface area (Å²) < 4.78 is 1.78. The molecule has 1 aromatic heterocycles. The first-order chi connectivity index (χ1) is 11.8. The highest BCUT2D eigenvalue weighted by Gasteiger charge is 2.23. The van der Waals surface area contributed by atoms with E-state index in [4.69, 9.17) is 11.6 Å². The number of anilines is 2. The molecule has 7 heteroatoms. The number of piperazine rings is 1. The lowest BCUT2D eigenvalue weighted by Crippen LogP contribution is -2.47. The Morgan fingerprint density at radius 2 is 1.46 bits per heavy atom. The largest absolute Gasteiger partial charge is 0.367 e. The molecule has 4 rings (SSSR count). The van der Waals surface area contributed by atoms with Gasteiger partial charge in [0.2, 0.25) is 5.95 Å². The van der Waals surface area contributed by atoms with Crippen molar-refractivity contribution in [2.24, 2.45) is 0 Å². The maximum atomic E-state index is 6.31. The highest BCUT2D eigenvalue weighted by atomic mass is 35.5. The molecule has 0 saturated carbocycles. The standard InChI is InChI=1S/C17H17ClN6/c18-15-8-4-5-9-16(15)22-10-12-23(13-11-22)17-19-20-21-24(17)14-6-2-1-3-7-14/h1-9H,10-13H2. The predicted molar refractivity (Wildman–Crippen MR) is 95.0 cm³/mol. The van der Waals surface area contributed by atoms with Crippen molar-refractivity contribution in [2.45, 2.75) is 0 Å². The van der Waals surface area contributed by atoms with Crippen LogP contribution in [0.1, 0.15) is 0 Å². The predicted octanol–water partition coefficient (Wildman–Crippen LogP) is 2.64. The van der Waals surface area contributed by atoms with Crippen LogP contribution in [0.15, 0.2) is 54.6 Å². The molecular formula is C17H17ClN6. The summed E-state index contributed by atoms with van der Waals surface area (Å²) in [6.07, 6.45) is 0. The molecule has 1 fully saturated rings. The van der Waals surface area contributed by atoms with Gasteiger partial charge in [0.25, 0.3) is 0 Å². The molecule has 24 heavy (non-hydrogen) atoms. The van der Waals surface area contributed by atoms with Crippen molar-refractivity contribution >= 4 is 23.2 Å². The zero-order chi connectivity index (χ0) is 16.4. The highest BCUT2D eigenvalue weighted by Crippen LogP contribution is 2.27. The first-order valence-corrected chi connectivity index (χ1v) is 8.29. The van der Waals surface area contributed by atoms with Gasteiger partial charge in [0.15, 0.2) is 0 Å². The Labute approximate surface area is 145 Å². The number of rotatable bonds is 3. The molecule has 0 spiro atoms. The third kappa shape index (κ3) is 2.80. The first-order valence-electron chi connectivity index (χ1n) is 7.91. The molecule has 0 aliphatic carbocycles. The van der Waals surface area contributed by atoms with Crippen molar-refractivity contribution in [1.82, 2.24) is 20.2 Å². The van der Waals surface area contributed by atoms with Gasteiger partial charge in [-0.15, -0.1) is 0 Å². The molecule has 122 valence electrons. The number of tetrazole rings is 1. The maximum absolute atomic E-state index is 6.31. The third-order valence-corrected chi connectivity index (χ3v) is 4.53. The fraction of sp³-hybridized carbons (Fsp3) is 0.235. The molecule has 0 atom stereocenters. The smallest absolute Gasteiger partial charge is 0.250 e. The van der Waals surface area contributed by atoms with Crippen LogP contribution in [0.5, 0.6) is 0 Å². The molecule has 6 nitrogen and oxygen atoms in total. The van der Waals surface area contributed by atoms with Crippen molar-refractivity contribution in [2.75, 3.05) is 36.0 Å². The summed E-state index contributed by atoms with van der Waals surface area (Å²) in [5, 5.41) is 13.0. The summed E-state index contributed by atoms with van der Waals surface area (Å²) in [6.45, 7) is 3.45. The van der Waals surface area contributed by atoms with E-state index in [9.17, 15) is 0 Å². The number of hydrogen-bond acceptors (Lipinski definition) is 5. The molecule has 0 amide bonds. The van der Waals surface area contributed by atoms with Crippen molar-refractivity contribution in [3.05, 3.63) is 59.6 Å². The van der Waals surface area contributed by atoms with Gasteiger partial charge in [-0.3, -0.25) is 0 Å². The summed E-state index contributed by atoms with van der Waals surface area (Å²) in [4.78, 5) is 4.51. The second-order valence-corrected chi connectivity index (χ2v) is 6.06. The minimum atomic E-state index is 0.778. The average Bonchev–Trinajstić information content (AvgIpc) is 3.13. The number of halogens is 1. The lowest BCUT2D eigenvalue weighted by Gasteiger charge is -2.36. The lowest BCUT2D eigenvalue weighted by atomic mass is 10.2. The fourth-order valence-electron chi connectivity index (χ4n) is 2.97. The van der Waals surface area contributed by atoms with Crippen molar-refractivity contribution in [3.63, 3.8) is 0 Å². The molecule has 1 aliphatic rings. The summed E-state index contributed by atoms with van der Waals surface area (Å²) in [6, 6.07) is 17.9. The summed E-state index contributed by atoms with van der Waals surface area (Å²) in [5.41, 5.74) is 2.05. The van der Waals surface area contributed by atoms with E-state index in [1.54, 1.807) is 4.68 Å². The molecule has 0 bridgehead atoms. The molecule has 0 unspecified atom stereocenters. The van der Waals surface area contributed by atoms with E-state index < -0.39 is 0 Å². The Morgan fingerprint density at radius 1 is 0.792 bits per heavy atom. The van der Waals surface area contributed by atoms with Crippen LogP contribution in [0, 0.1) is 0 Å². The number of benzene rings is 2. The second kappa shape index (κ2) is 6.49. The van der Waals surface area contributed by atoms with E-state index in [1.807, 2.05) is 48.5 Å². The van der Waals surface area contributed by atoms with Crippen LogP contribution < -0.4 is 9.80 Å². The Bertz CT molecular complexity index is 811. The highest BCUT2D eigenvalue weighted by molar-refractivity contribution is 6.33. The second-order valence-electron chi connectivity index (χ2n) is 5.65. The SMILES string of the molecule is Clc1ccccc1N1CCN(c2nnnn2-c2ccccc2)CC1. The lowest BCUT2D eigenvalue weighted by molar-refractivity contribution is 0.631. The number of nitrogens with zero attached hydrogens (tertiary/aromatic N) is 6. The Hall–Kier alpha value is -2.60. The molecule has 1 saturated heterocycles. The van der Waals surface area contributed by atoms with Crippen LogP contribution in [-0.4, -0.2) is 46.4 Å². The normalized spacial score (nSPS) is 14.9. The fourth-order valence-corrected chi connectivity index (χ4v) is 3.23. The van der Waals surface area contributed by atoms with Gasteiger partial charge in [-0.2, -0.15) is 4.68 Å². The van der Waals surface area contributed by atoms with Gasteiger partial charge in [-0.05, 0) is 34.7 Å². The number of hydrogen-bond donors (Lipinski definition) is 0. The molecule has 1 aliphatic heterocycles. The average molecular weight is 341 g/mol. The van der Waals surface area contributed by atoms with Gasteiger partial charge >= 0.3 is 0 Å². The Kier molecular flexibility index (Phi) is 4.04. The van der Waals surface area contributed by atoms with Crippen LogP contribution in [0.25, 0.3) is 5.69 Å². The van der Waals surface area contributed by atoms with Gasteiger partial charge in [-0.25, -0.2) is 0 Å². The van der Waals surface area contributed by atoms with Crippen LogP contribution in [0.2, 0.25) is 5.02 Å². The van der Waals surface area contributed by atoms with Crippen LogP contribution in [-0.2, 0) is 0 Å². The van der Waals surface area contributed by atoms with E-state index >= 15 is 0 Å². The van der Waals surface area contributed by atoms with Gasteiger partial charge in [0, 0.05) is 26.2 Å². The zero-order valence-corrected chi connectivity index (χ0v) is 13.8. The van der Waals surface area contributed by atoms with Crippen LogP contribution in [0.4, 0.5) is 11.6 Å².